The molecule has 4 heterocycles. The third-order valence-electron chi connectivity index (χ3n) is 9.31. The normalized spacial score (nSPS) is 45.3. The zero-order chi connectivity index (χ0) is 27.9. The zero-order valence-electron chi connectivity index (χ0n) is 22.7. The highest BCUT2D eigenvalue weighted by molar-refractivity contribution is 6.11. The Balaban J connectivity index is 1.31. The highest BCUT2D eigenvalue weighted by atomic mass is 16.7. The summed E-state index contributed by atoms with van der Waals surface area (Å²) in [6, 6.07) is 0. The van der Waals surface area contributed by atoms with Crippen molar-refractivity contribution in [2.45, 2.75) is 126 Å². The number of carbonyl (C=O) groups excluding carboxylic acids is 2. The monoisotopic (exact) mass is 550 g/mol. The predicted octanol–water partition coefficient (Wildman–Crippen LogP) is 1.47. The Kier molecular flexibility index (Phi) is 8.37. The van der Waals surface area contributed by atoms with Crippen LogP contribution >= 0.6 is 0 Å². The van der Waals surface area contributed by atoms with Crippen molar-refractivity contribution in [1.82, 2.24) is 0 Å². The van der Waals surface area contributed by atoms with Crippen molar-refractivity contribution >= 4 is 11.8 Å². The van der Waals surface area contributed by atoms with Gasteiger partial charge in [-0.25, -0.2) is 4.79 Å². The number of fused-ring (bicyclic) bond motifs is 2. The van der Waals surface area contributed by atoms with Crippen molar-refractivity contribution < 1.29 is 49.0 Å². The topological polar surface area (TPSA) is 152 Å². The molecule has 6 aliphatic rings. The van der Waals surface area contributed by atoms with E-state index in [0.717, 1.165) is 18.4 Å². The van der Waals surface area contributed by atoms with Crippen molar-refractivity contribution in [3.8, 4) is 0 Å². The van der Waals surface area contributed by atoms with E-state index in [1.54, 1.807) is 0 Å². The van der Waals surface area contributed by atoms with Crippen LogP contribution in [0.1, 0.15) is 71.6 Å². The molecule has 2 bridgehead atoms. The van der Waals surface area contributed by atoms with Crippen molar-refractivity contribution in [2.24, 2.45) is 11.8 Å². The van der Waals surface area contributed by atoms with Crippen molar-refractivity contribution in [3.05, 3.63) is 23.8 Å². The van der Waals surface area contributed by atoms with Gasteiger partial charge in [0.1, 0.15) is 30.0 Å². The van der Waals surface area contributed by atoms with E-state index in [4.69, 9.17) is 18.9 Å². The molecule has 0 aromatic heterocycles. The second-order valence-electron chi connectivity index (χ2n) is 11.9. The summed E-state index contributed by atoms with van der Waals surface area (Å²) in [5.41, 5.74) is -1.78. The molecular formula is C29H42O10. The lowest BCUT2D eigenvalue weighted by atomic mass is 9.58. The fraction of sp³-hybridized carbons (Fsp3) is 0.793. The Bertz CT molecular complexity index is 971. The lowest BCUT2D eigenvalue weighted by Crippen LogP contribution is -2.73. The minimum absolute atomic E-state index is 0.0230. The summed E-state index contributed by atoms with van der Waals surface area (Å²) in [7, 11) is 0. The molecule has 0 aromatic rings. The molecule has 5 fully saturated rings. The number of Topliss-reactive ketones (excluding diaryl/α,β-unsaturated/α-hetero) is 1. The van der Waals surface area contributed by atoms with Gasteiger partial charge in [0.25, 0.3) is 0 Å². The summed E-state index contributed by atoms with van der Waals surface area (Å²) in [5, 5.41) is 40.1. The van der Waals surface area contributed by atoms with Gasteiger partial charge in [0.15, 0.2) is 12.1 Å². The van der Waals surface area contributed by atoms with Gasteiger partial charge in [0.05, 0.1) is 25.2 Å². The van der Waals surface area contributed by atoms with E-state index in [9.17, 15) is 30.0 Å². The first kappa shape index (κ1) is 28.9. The van der Waals surface area contributed by atoms with Crippen molar-refractivity contribution in [2.75, 3.05) is 6.61 Å². The summed E-state index contributed by atoms with van der Waals surface area (Å²) >= 11 is 0. The Labute approximate surface area is 229 Å². The molecule has 4 N–H and O–H groups in total. The van der Waals surface area contributed by atoms with E-state index in [1.165, 1.54) is 25.7 Å². The maximum atomic E-state index is 13.5. The van der Waals surface area contributed by atoms with Gasteiger partial charge in [0, 0.05) is 18.3 Å². The molecular weight excluding hydrogens is 508 g/mol. The fourth-order valence-electron chi connectivity index (χ4n) is 7.18. The molecule has 2 aliphatic carbocycles. The number of aliphatic hydroxyl groups excluding tert-OH is 4. The van der Waals surface area contributed by atoms with Crippen LogP contribution in [0, 0.1) is 11.8 Å². The summed E-state index contributed by atoms with van der Waals surface area (Å²) in [5.74, 6) is -1.67. The molecule has 39 heavy (non-hydrogen) atoms. The molecule has 2 spiro atoms. The molecule has 4 aliphatic heterocycles. The van der Waals surface area contributed by atoms with Gasteiger partial charge in [-0.1, -0.05) is 50.8 Å². The van der Waals surface area contributed by atoms with Gasteiger partial charge in [-0.15, -0.1) is 0 Å². The molecule has 10 nitrogen and oxygen atoms in total. The predicted molar refractivity (Wildman–Crippen MR) is 137 cm³/mol. The quantitative estimate of drug-likeness (QED) is 0.136. The zero-order valence-corrected chi connectivity index (χ0v) is 22.7. The highest BCUT2D eigenvalue weighted by Crippen LogP contribution is 2.61. The first-order chi connectivity index (χ1) is 18.7. The standard InChI is InChI=1S/C29H42O10/c1-3-4-5-6-7-8-9-10-20-16(2)11-19-18-12-17(36-26-25(34)24(33)23(32)21(15-30)37-26)13-28(18)14-22(31)29(19,38-20)27(35)39-28/h9-11,17-21,23-26,30,32-34H,3-8,12-15H2,1-2H3/b10-9+/t17-,18+,19+,20+,21?,23?,24?,25?,26?,28+,29-/m0/s1. The minimum atomic E-state index is -1.68. The molecule has 11 atom stereocenters. The van der Waals surface area contributed by atoms with Gasteiger partial charge in [0.2, 0.25) is 5.60 Å². The van der Waals surface area contributed by atoms with Crippen LogP contribution in [0.25, 0.3) is 0 Å². The Morgan fingerprint density at radius 1 is 1.10 bits per heavy atom. The van der Waals surface area contributed by atoms with E-state index in [2.05, 4.69) is 13.0 Å². The number of hydrogen-bond acceptors (Lipinski definition) is 10. The summed E-state index contributed by atoms with van der Waals surface area (Å²) in [6.07, 6.45) is 5.50. The van der Waals surface area contributed by atoms with Gasteiger partial charge < -0.3 is 39.4 Å². The van der Waals surface area contributed by atoms with Crippen LogP contribution in [0.3, 0.4) is 0 Å². The average Bonchev–Trinajstić information content (AvgIpc) is 3.26. The van der Waals surface area contributed by atoms with E-state index < -0.39 is 72.6 Å². The summed E-state index contributed by atoms with van der Waals surface area (Å²) in [6.45, 7) is 3.58. The third kappa shape index (κ3) is 4.92. The summed E-state index contributed by atoms with van der Waals surface area (Å²) < 4.78 is 23.8. The number of ether oxygens (including phenoxy) is 4. The number of rotatable bonds is 10. The van der Waals surface area contributed by atoms with Crippen LogP contribution < -0.4 is 0 Å². The van der Waals surface area contributed by atoms with Gasteiger partial charge in [-0.2, -0.15) is 0 Å². The molecule has 10 heteroatoms. The number of unbranched alkanes of at least 4 members (excludes halogenated alkanes) is 5. The van der Waals surface area contributed by atoms with Gasteiger partial charge >= 0.3 is 5.97 Å². The Morgan fingerprint density at radius 3 is 2.59 bits per heavy atom. The number of esters is 1. The van der Waals surface area contributed by atoms with Crippen LogP contribution in [0.15, 0.2) is 23.8 Å². The molecule has 6 rings (SSSR count). The molecule has 5 unspecified atom stereocenters. The van der Waals surface area contributed by atoms with Gasteiger partial charge in [-0.3, -0.25) is 4.79 Å². The molecule has 0 radical (unpaired) electrons. The van der Waals surface area contributed by atoms with Crippen LogP contribution in [-0.2, 0) is 28.5 Å². The smallest absolute Gasteiger partial charge is 0.347 e. The van der Waals surface area contributed by atoms with Crippen LogP contribution in [-0.4, -0.2) is 92.9 Å². The lowest BCUT2D eigenvalue weighted by Gasteiger charge is -2.57. The van der Waals surface area contributed by atoms with Crippen molar-refractivity contribution in [3.63, 3.8) is 0 Å². The minimum Gasteiger partial charge on any atom is -0.456 e. The maximum Gasteiger partial charge on any atom is 0.347 e. The Hall–Kier alpha value is -1.66. The largest absolute Gasteiger partial charge is 0.456 e. The number of allylic oxidation sites excluding steroid dienone is 1. The van der Waals surface area contributed by atoms with E-state index in [1.807, 2.05) is 19.1 Å². The van der Waals surface area contributed by atoms with Gasteiger partial charge in [-0.05, 0) is 31.8 Å². The first-order valence-electron chi connectivity index (χ1n) is 14.4. The Morgan fingerprint density at radius 2 is 1.87 bits per heavy atom. The maximum absolute atomic E-state index is 13.5. The van der Waals surface area contributed by atoms with E-state index >= 15 is 0 Å². The fourth-order valence-corrected chi connectivity index (χ4v) is 7.18. The van der Waals surface area contributed by atoms with E-state index in [-0.39, 0.29) is 24.5 Å². The van der Waals surface area contributed by atoms with E-state index in [0.29, 0.717) is 6.42 Å². The first-order valence-corrected chi connectivity index (χ1v) is 14.4. The number of carbonyl (C=O) groups is 2. The summed E-state index contributed by atoms with van der Waals surface area (Å²) in [4.78, 5) is 26.9. The number of aliphatic hydroxyl groups is 4. The van der Waals surface area contributed by atoms with Crippen LogP contribution in [0.5, 0.6) is 0 Å². The molecule has 0 aromatic carbocycles. The average molecular weight is 551 g/mol. The lowest BCUT2D eigenvalue weighted by molar-refractivity contribution is -0.311. The second kappa shape index (κ2) is 11.3. The molecule has 218 valence electrons. The molecule has 2 saturated carbocycles. The molecule has 0 amide bonds. The second-order valence-corrected chi connectivity index (χ2v) is 11.9. The van der Waals surface area contributed by atoms with Crippen LogP contribution in [0.4, 0.5) is 0 Å². The van der Waals surface area contributed by atoms with Crippen LogP contribution in [0.2, 0.25) is 0 Å². The number of ketones is 1. The number of hydrogen-bond donors (Lipinski definition) is 4. The SMILES string of the molecule is CCCCCCC/C=C/[C@H]1O[C@]23C(=O)C[C@@]4(C[C@@H](OC5OC(CO)C(O)C(O)C5O)C[C@@H]4[C@H]2C=C1C)OC3=O. The highest BCUT2D eigenvalue weighted by Gasteiger charge is 2.75. The third-order valence-corrected chi connectivity index (χ3v) is 9.31. The van der Waals surface area contributed by atoms with Crippen molar-refractivity contribution in [1.29, 1.82) is 0 Å². The molecule has 3 saturated heterocycles.